The lowest BCUT2D eigenvalue weighted by Crippen LogP contribution is -2.57. The number of nitrogens with zero attached hydrogens (tertiary/aromatic N) is 1. The van der Waals surface area contributed by atoms with E-state index in [0.29, 0.717) is 17.1 Å². The largest absolute Gasteiger partial charge is 0.364 e. The Morgan fingerprint density at radius 2 is 2.21 bits per heavy atom. The summed E-state index contributed by atoms with van der Waals surface area (Å²) in [5.74, 6) is 0.586. The summed E-state index contributed by atoms with van der Waals surface area (Å²) < 4.78 is 13.5. The maximum Gasteiger partial charge on any atom is 0.125 e. The Morgan fingerprint density at radius 1 is 1.42 bits per heavy atom. The highest BCUT2D eigenvalue weighted by molar-refractivity contribution is 6.33. The van der Waals surface area contributed by atoms with Gasteiger partial charge in [0.1, 0.15) is 5.82 Å². The molecule has 0 bridgehead atoms. The van der Waals surface area contributed by atoms with Gasteiger partial charge in [-0.3, -0.25) is 0 Å². The minimum absolute atomic E-state index is 0.212. The molecule has 0 radical (unpaired) electrons. The summed E-state index contributed by atoms with van der Waals surface area (Å²) >= 11 is 6.27. The molecule has 1 N–H and O–H groups in total. The van der Waals surface area contributed by atoms with Gasteiger partial charge in [-0.25, -0.2) is 4.39 Å². The van der Waals surface area contributed by atoms with Crippen LogP contribution in [0.25, 0.3) is 0 Å². The van der Waals surface area contributed by atoms with Gasteiger partial charge in [0.05, 0.1) is 10.7 Å². The van der Waals surface area contributed by atoms with Gasteiger partial charge in [0.25, 0.3) is 0 Å². The molecule has 2 atom stereocenters. The van der Waals surface area contributed by atoms with Crippen molar-refractivity contribution >= 4 is 17.3 Å². The second-order valence-electron chi connectivity index (χ2n) is 5.66. The van der Waals surface area contributed by atoms with Crippen LogP contribution in [0.1, 0.15) is 26.2 Å². The van der Waals surface area contributed by atoms with Crippen LogP contribution in [0, 0.1) is 11.7 Å². The molecule has 1 aliphatic heterocycles. The van der Waals surface area contributed by atoms with Crippen LogP contribution < -0.4 is 10.2 Å². The molecule has 1 saturated heterocycles. The molecule has 19 heavy (non-hydrogen) atoms. The van der Waals surface area contributed by atoms with E-state index in [4.69, 9.17) is 11.6 Å². The van der Waals surface area contributed by atoms with Gasteiger partial charge < -0.3 is 10.2 Å². The summed E-state index contributed by atoms with van der Waals surface area (Å²) in [6.45, 7) is 4.07. The lowest BCUT2D eigenvalue weighted by molar-refractivity contribution is 0.359. The van der Waals surface area contributed by atoms with E-state index in [1.165, 1.54) is 18.9 Å². The van der Waals surface area contributed by atoms with Crippen molar-refractivity contribution in [1.29, 1.82) is 0 Å². The van der Waals surface area contributed by atoms with Crippen molar-refractivity contribution in [1.82, 2.24) is 5.32 Å². The number of rotatable bonds is 3. The highest BCUT2D eigenvalue weighted by atomic mass is 35.5. The molecule has 2 nitrogen and oxygen atoms in total. The predicted octanol–water partition coefficient (Wildman–Crippen LogP) is 3.45. The molecule has 2 aliphatic rings. The molecule has 1 saturated carbocycles. The van der Waals surface area contributed by atoms with Crippen LogP contribution in [0.15, 0.2) is 18.2 Å². The first-order valence-corrected chi connectivity index (χ1v) is 7.52. The number of nitrogens with one attached hydrogen (secondary N) is 1. The minimum Gasteiger partial charge on any atom is -0.364 e. The van der Waals surface area contributed by atoms with Gasteiger partial charge in [-0.1, -0.05) is 18.5 Å². The fraction of sp³-hybridized carbons (Fsp3) is 0.600. The van der Waals surface area contributed by atoms with Crippen molar-refractivity contribution < 1.29 is 4.39 Å². The van der Waals surface area contributed by atoms with Crippen molar-refractivity contribution in [2.75, 3.05) is 18.0 Å². The van der Waals surface area contributed by atoms with Crippen LogP contribution in [0.5, 0.6) is 0 Å². The lowest BCUT2D eigenvalue weighted by atomic mass is 10.0. The Balaban J connectivity index is 1.87. The molecule has 2 unspecified atom stereocenters. The molecule has 0 amide bonds. The third-order valence-electron chi connectivity index (χ3n) is 4.33. The third-order valence-corrected chi connectivity index (χ3v) is 4.65. The Bertz CT molecular complexity index is 461. The van der Waals surface area contributed by atoms with Crippen LogP contribution >= 0.6 is 11.6 Å². The van der Waals surface area contributed by atoms with E-state index < -0.39 is 0 Å². The summed E-state index contributed by atoms with van der Waals surface area (Å²) in [5.41, 5.74) is 0.848. The van der Waals surface area contributed by atoms with Gasteiger partial charge >= 0.3 is 0 Å². The molecule has 3 rings (SSSR count). The predicted molar refractivity (Wildman–Crippen MR) is 77.3 cm³/mol. The molecule has 0 aromatic heterocycles. The second-order valence-corrected chi connectivity index (χ2v) is 6.07. The van der Waals surface area contributed by atoms with Crippen molar-refractivity contribution in [2.45, 2.75) is 38.3 Å². The zero-order chi connectivity index (χ0) is 13.4. The van der Waals surface area contributed by atoms with Crippen molar-refractivity contribution in [2.24, 2.45) is 5.92 Å². The highest BCUT2D eigenvalue weighted by Crippen LogP contribution is 2.37. The normalized spacial score (nSPS) is 27.6. The zero-order valence-electron chi connectivity index (χ0n) is 11.2. The first-order valence-electron chi connectivity index (χ1n) is 7.14. The minimum atomic E-state index is -0.212. The number of hydrogen-bond acceptors (Lipinski definition) is 2. The van der Waals surface area contributed by atoms with Gasteiger partial charge in [0, 0.05) is 25.2 Å². The maximum absolute atomic E-state index is 13.5. The Hall–Kier alpha value is -0.800. The van der Waals surface area contributed by atoms with Gasteiger partial charge in [-0.2, -0.15) is 0 Å². The average molecular weight is 283 g/mol. The molecule has 2 fully saturated rings. The number of halogens is 2. The molecule has 1 aromatic carbocycles. The van der Waals surface area contributed by atoms with Gasteiger partial charge in [0.2, 0.25) is 0 Å². The van der Waals surface area contributed by atoms with E-state index in [-0.39, 0.29) is 5.82 Å². The molecule has 4 heteroatoms. The van der Waals surface area contributed by atoms with E-state index in [0.717, 1.165) is 31.1 Å². The van der Waals surface area contributed by atoms with E-state index >= 15 is 0 Å². The summed E-state index contributed by atoms with van der Waals surface area (Å²) in [6, 6.07) is 5.58. The van der Waals surface area contributed by atoms with E-state index in [1.807, 2.05) is 0 Å². The first kappa shape index (κ1) is 13.2. The number of anilines is 1. The van der Waals surface area contributed by atoms with Crippen LogP contribution in [-0.4, -0.2) is 25.2 Å². The van der Waals surface area contributed by atoms with Crippen LogP contribution in [0.2, 0.25) is 5.02 Å². The molecule has 0 spiro atoms. The Morgan fingerprint density at radius 3 is 2.89 bits per heavy atom. The highest BCUT2D eigenvalue weighted by Gasteiger charge is 2.37. The topological polar surface area (TPSA) is 15.3 Å². The molecule has 1 aliphatic carbocycles. The quantitative estimate of drug-likeness (QED) is 0.913. The lowest BCUT2D eigenvalue weighted by Gasteiger charge is -2.42. The zero-order valence-corrected chi connectivity index (χ0v) is 12.0. The van der Waals surface area contributed by atoms with E-state index in [9.17, 15) is 4.39 Å². The SMILES string of the molecule is CCC1CNC(C2CC2)CN1c1cc(F)ccc1Cl. The molecular weight excluding hydrogens is 263 g/mol. The smallest absolute Gasteiger partial charge is 0.125 e. The van der Waals surface area contributed by atoms with Crippen molar-refractivity contribution in [3.63, 3.8) is 0 Å². The second kappa shape index (κ2) is 5.29. The fourth-order valence-corrected chi connectivity index (χ4v) is 3.23. The van der Waals surface area contributed by atoms with Gasteiger partial charge in [0.15, 0.2) is 0 Å². The van der Waals surface area contributed by atoms with Crippen molar-refractivity contribution in [3.05, 3.63) is 29.0 Å². The van der Waals surface area contributed by atoms with Gasteiger partial charge in [-0.15, -0.1) is 0 Å². The monoisotopic (exact) mass is 282 g/mol. The first-order chi connectivity index (χ1) is 9.19. The molecule has 1 aromatic rings. The summed E-state index contributed by atoms with van der Waals surface area (Å²) in [4.78, 5) is 2.30. The standard InChI is InChI=1S/C15H20ClFN2/c1-2-12-8-18-14(10-3-4-10)9-19(12)15-7-11(17)5-6-13(15)16/h5-7,10,12,14,18H,2-4,8-9H2,1H3. The summed E-state index contributed by atoms with van der Waals surface area (Å²) in [5, 5.41) is 4.29. The number of benzene rings is 1. The summed E-state index contributed by atoms with van der Waals surface area (Å²) in [6.07, 6.45) is 3.68. The Labute approximate surface area is 118 Å². The van der Waals surface area contributed by atoms with Gasteiger partial charge in [-0.05, 0) is 43.4 Å². The molecule has 1 heterocycles. The molecular formula is C15H20ClFN2. The molecule has 104 valence electrons. The van der Waals surface area contributed by atoms with Crippen LogP contribution in [0.3, 0.4) is 0 Å². The van der Waals surface area contributed by atoms with Crippen molar-refractivity contribution in [3.8, 4) is 0 Å². The maximum atomic E-state index is 13.5. The third kappa shape index (κ3) is 2.72. The van der Waals surface area contributed by atoms with E-state index in [1.54, 1.807) is 12.1 Å². The van der Waals surface area contributed by atoms with Crippen LogP contribution in [-0.2, 0) is 0 Å². The number of piperazine rings is 1. The number of hydrogen-bond donors (Lipinski definition) is 1. The Kier molecular flexibility index (Phi) is 3.68. The van der Waals surface area contributed by atoms with E-state index in [2.05, 4.69) is 17.1 Å². The average Bonchev–Trinajstić information content (AvgIpc) is 3.25. The fourth-order valence-electron chi connectivity index (χ4n) is 3.00. The van der Waals surface area contributed by atoms with Crippen LogP contribution in [0.4, 0.5) is 10.1 Å². The summed E-state index contributed by atoms with van der Waals surface area (Å²) in [7, 11) is 0.